The Morgan fingerprint density at radius 1 is 1.48 bits per heavy atom. The first kappa shape index (κ1) is 18.2. The van der Waals surface area contributed by atoms with Gasteiger partial charge in [0.25, 0.3) is 15.9 Å². The smallest absolute Gasteiger partial charge is 0.264 e. The zero-order valence-electron chi connectivity index (χ0n) is 12.8. The molecule has 128 valence electrons. The Kier molecular flexibility index (Phi) is 6.41. The Balaban J connectivity index is 1.89. The van der Waals surface area contributed by atoms with Crippen molar-refractivity contribution in [3.8, 4) is 0 Å². The van der Waals surface area contributed by atoms with Crippen molar-refractivity contribution in [2.24, 2.45) is 0 Å². The lowest BCUT2D eigenvalue weighted by Crippen LogP contribution is -2.40. The summed E-state index contributed by atoms with van der Waals surface area (Å²) < 4.78 is 37.2. The van der Waals surface area contributed by atoms with Gasteiger partial charge in [-0.05, 0) is 44.4 Å². The molecule has 1 aromatic rings. The van der Waals surface area contributed by atoms with Gasteiger partial charge in [0.15, 0.2) is 0 Å². The van der Waals surface area contributed by atoms with Gasteiger partial charge in [0.1, 0.15) is 6.10 Å². The predicted octanol–water partition coefficient (Wildman–Crippen LogP) is 2.12. The number of benzene rings is 1. The van der Waals surface area contributed by atoms with Crippen molar-refractivity contribution in [1.82, 2.24) is 4.72 Å². The molecule has 23 heavy (non-hydrogen) atoms. The Hall–Kier alpha value is -1.15. The van der Waals surface area contributed by atoms with E-state index in [-0.39, 0.29) is 22.6 Å². The second-order valence-electron chi connectivity index (χ2n) is 5.39. The summed E-state index contributed by atoms with van der Waals surface area (Å²) in [6.07, 6.45) is 2.05. The van der Waals surface area contributed by atoms with Crippen LogP contribution in [0.25, 0.3) is 0 Å². The van der Waals surface area contributed by atoms with E-state index in [1.807, 2.05) is 4.72 Å². The molecule has 0 radical (unpaired) electrons. The van der Waals surface area contributed by atoms with Crippen LogP contribution in [-0.2, 0) is 24.3 Å². The summed E-state index contributed by atoms with van der Waals surface area (Å²) in [5, 5.41) is 0.277. The number of amides is 1. The van der Waals surface area contributed by atoms with E-state index in [9.17, 15) is 13.2 Å². The summed E-state index contributed by atoms with van der Waals surface area (Å²) >= 11 is 5.77. The van der Waals surface area contributed by atoms with Crippen LogP contribution in [0.1, 0.15) is 26.2 Å². The molecule has 1 aromatic carbocycles. The molecule has 8 heteroatoms. The first-order chi connectivity index (χ1) is 10.9. The molecule has 0 bridgehead atoms. The summed E-state index contributed by atoms with van der Waals surface area (Å²) in [7, 11) is -3.97. The lowest BCUT2D eigenvalue weighted by Gasteiger charge is -2.23. The third-order valence-corrected chi connectivity index (χ3v) is 5.10. The molecule has 1 heterocycles. The molecule has 1 amide bonds. The Morgan fingerprint density at radius 2 is 2.26 bits per heavy atom. The summed E-state index contributed by atoms with van der Waals surface area (Å²) in [6.45, 7) is 2.47. The predicted molar refractivity (Wildman–Crippen MR) is 85.8 cm³/mol. The fourth-order valence-corrected chi connectivity index (χ4v) is 3.52. The van der Waals surface area contributed by atoms with E-state index in [0.717, 1.165) is 19.3 Å². The van der Waals surface area contributed by atoms with Gasteiger partial charge in [0, 0.05) is 11.6 Å². The zero-order valence-corrected chi connectivity index (χ0v) is 14.4. The van der Waals surface area contributed by atoms with Crippen LogP contribution >= 0.6 is 11.6 Å². The average molecular weight is 362 g/mol. The summed E-state index contributed by atoms with van der Waals surface area (Å²) in [4.78, 5) is 11.9. The van der Waals surface area contributed by atoms with Gasteiger partial charge in [-0.3, -0.25) is 4.79 Å². The van der Waals surface area contributed by atoms with Crippen LogP contribution in [0.2, 0.25) is 5.02 Å². The molecule has 6 nitrogen and oxygen atoms in total. The third-order valence-electron chi connectivity index (χ3n) is 3.52. The number of ether oxygens (including phenoxy) is 2. The van der Waals surface area contributed by atoms with Crippen LogP contribution in [0.3, 0.4) is 0 Å². The minimum Gasteiger partial charge on any atom is -0.376 e. The molecule has 2 rings (SSSR count). The van der Waals surface area contributed by atoms with Crippen molar-refractivity contribution in [2.45, 2.75) is 43.3 Å². The SMILES string of the molecule is CC(OCC1CCCCO1)C(=O)NS(=O)(=O)c1cccc(Cl)c1. The second kappa shape index (κ2) is 8.10. The molecular formula is C15H20ClNO5S. The topological polar surface area (TPSA) is 81.7 Å². The van der Waals surface area contributed by atoms with E-state index in [1.54, 1.807) is 6.07 Å². The molecule has 1 fully saturated rings. The number of carbonyl (C=O) groups excluding carboxylic acids is 1. The number of halogens is 1. The number of hydrogen-bond donors (Lipinski definition) is 1. The Morgan fingerprint density at radius 3 is 2.91 bits per heavy atom. The molecule has 0 aromatic heterocycles. The summed E-state index contributed by atoms with van der Waals surface area (Å²) in [5.74, 6) is -0.721. The molecule has 2 unspecified atom stereocenters. The van der Waals surface area contributed by atoms with Crippen LogP contribution < -0.4 is 4.72 Å². The first-order valence-electron chi connectivity index (χ1n) is 7.44. The van der Waals surface area contributed by atoms with Crippen molar-refractivity contribution < 1.29 is 22.7 Å². The van der Waals surface area contributed by atoms with Gasteiger partial charge in [0.05, 0.1) is 17.6 Å². The van der Waals surface area contributed by atoms with Gasteiger partial charge in [-0.2, -0.15) is 0 Å². The highest BCUT2D eigenvalue weighted by atomic mass is 35.5. The minimum absolute atomic E-state index is 0.0384. The minimum atomic E-state index is -3.97. The molecule has 1 N–H and O–H groups in total. The molecule has 2 atom stereocenters. The van der Waals surface area contributed by atoms with E-state index < -0.39 is 22.0 Å². The number of nitrogens with one attached hydrogen (secondary N) is 1. The zero-order chi connectivity index (χ0) is 16.9. The van der Waals surface area contributed by atoms with E-state index in [1.165, 1.54) is 25.1 Å². The molecule has 1 aliphatic rings. The first-order valence-corrected chi connectivity index (χ1v) is 9.30. The van der Waals surface area contributed by atoms with Gasteiger partial charge < -0.3 is 9.47 Å². The van der Waals surface area contributed by atoms with E-state index in [4.69, 9.17) is 21.1 Å². The van der Waals surface area contributed by atoms with Crippen LogP contribution in [0.5, 0.6) is 0 Å². The van der Waals surface area contributed by atoms with E-state index >= 15 is 0 Å². The van der Waals surface area contributed by atoms with Gasteiger partial charge in [-0.15, -0.1) is 0 Å². The third kappa shape index (κ3) is 5.46. The van der Waals surface area contributed by atoms with Crippen LogP contribution in [0.4, 0.5) is 0 Å². The standard InChI is InChI=1S/C15H20ClNO5S/c1-11(22-10-13-6-2-3-8-21-13)15(18)17-23(19,20)14-7-4-5-12(16)9-14/h4-5,7,9,11,13H,2-3,6,8,10H2,1H3,(H,17,18). The van der Waals surface area contributed by atoms with E-state index in [0.29, 0.717) is 6.61 Å². The fraction of sp³-hybridized carbons (Fsp3) is 0.533. The quantitative estimate of drug-likeness (QED) is 0.839. The lowest BCUT2D eigenvalue weighted by molar-refractivity contribution is -0.133. The Bertz CT molecular complexity index is 643. The number of hydrogen-bond acceptors (Lipinski definition) is 5. The molecular weight excluding hydrogens is 342 g/mol. The maximum Gasteiger partial charge on any atom is 0.264 e. The Labute approximate surface area is 141 Å². The highest BCUT2D eigenvalue weighted by molar-refractivity contribution is 7.90. The van der Waals surface area contributed by atoms with Gasteiger partial charge in [-0.1, -0.05) is 17.7 Å². The van der Waals surface area contributed by atoms with Gasteiger partial charge in [0.2, 0.25) is 0 Å². The largest absolute Gasteiger partial charge is 0.376 e. The summed E-state index contributed by atoms with van der Waals surface area (Å²) in [5.41, 5.74) is 0. The molecule has 1 saturated heterocycles. The van der Waals surface area contributed by atoms with Gasteiger partial charge >= 0.3 is 0 Å². The fourth-order valence-electron chi connectivity index (χ4n) is 2.17. The van der Waals surface area contributed by atoms with Crippen molar-refractivity contribution in [3.05, 3.63) is 29.3 Å². The van der Waals surface area contributed by atoms with E-state index in [2.05, 4.69) is 0 Å². The van der Waals surface area contributed by atoms with Crippen LogP contribution in [0.15, 0.2) is 29.2 Å². The average Bonchev–Trinajstić information content (AvgIpc) is 2.53. The second-order valence-corrected chi connectivity index (χ2v) is 7.51. The molecule has 0 saturated carbocycles. The maximum absolute atomic E-state index is 12.1. The van der Waals surface area contributed by atoms with Crippen LogP contribution in [-0.4, -0.2) is 39.7 Å². The maximum atomic E-state index is 12.1. The number of rotatable bonds is 6. The highest BCUT2D eigenvalue weighted by Gasteiger charge is 2.24. The lowest BCUT2D eigenvalue weighted by atomic mass is 10.1. The van der Waals surface area contributed by atoms with Gasteiger partial charge in [-0.25, -0.2) is 13.1 Å². The van der Waals surface area contributed by atoms with Crippen molar-refractivity contribution in [3.63, 3.8) is 0 Å². The van der Waals surface area contributed by atoms with Crippen molar-refractivity contribution >= 4 is 27.5 Å². The van der Waals surface area contributed by atoms with Crippen LogP contribution in [0, 0.1) is 0 Å². The molecule has 1 aliphatic heterocycles. The summed E-state index contributed by atoms with van der Waals surface area (Å²) in [6, 6.07) is 5.70. The number of sulfonamides is 1. The van der Waals surface area contributed by atoms with Crippen molar-refractivity contribution in [2.75, 3.05) is 13.2 Å². The highest BCUT2D eigenvalue weighted by Crippen LogP contribution is 2.16. The monoisotopic (exact) mass is 361 g/mol. The molecule has 0 spiro atoms. The molecule has 0 aliphatic carbocycles. The van der Waals surface area contributed by atoms with Crippen molar-refractivity contribution in [1.29, 1.82) is 0 Å². The normalized spacial score (nSPS) is 20.0. The number of carbonyl (C=O) groups is 1.